The number of anilines is 1. The van der Waals surface area contributed by atoms with Gasteiger partial charge in [-0.25, -0.2) is 13.4 Å². The van der Waals surface area contributed by atoms with Gasteiger partial charge in [0.2, 0.25) is 10.0 Å². The number of nitrogens with zero attached hydrogens (tertiary/aromatic N) is 2. The van der Waals surface area contributed by atoms with Crippen molar-refractivity contribution in [1.29, 1.82) is 0 Å². The largest absolute Gasteiger partial charge is 0.369 e. The molecule has 2 heterocycles. The minimum absolute atomic E-state index is 0.294. The van der Waals surface area contributed by atoms with Crippen LogP contribution >= 0.6 is 0 Å². The van der Waals surface area contributed by atoms with Crippen molar-refractivity contribution in [2.24, 2.45) is 5.92 Å². The minimum Gasteiger partial charge on any atom is -0.369 e. The van der Waals surface area contributed by atoms with Gasteiger partial charge in [0.25, 0.3) is 0 Å². The Morgan fingerprint density at radius 1 is 1.50 bits per heavy atom. The molecule has 0 bridgehead atoms. The summed E-state index contributed by atoms with van der Waals surface area (Å²) >= 11 is 0. The monoisotopic (exact) mass is 297 g/mol. The topological polar surface area (TPSA) is 62.3 Å². The third-order valence-electron chi connectivity index (χ3n) is 3.55. The quantitative estimate of drug-likeness (QED) is 0.906. The molecule has 1 saturated heterocycles. The molecule has 1 atom stereocenters. The standard InChI is InChI=1S/C14H23N3O2S/c1-3-8-15-14-13(7-4-9-16-14)20(18,19)17-10-5-6-12(2)11-17/h4,7,9,12H,3,5-6,8,10-11H2,1-2H3,(H,15,16). The second kappa shape index (κ2) is 6.54. The average molecular weight is 297 g/mol. The summed E-state index contributed by atoms with van der Waals surface area (Å²) in [6, 6.07) is 3.32. The van der Waals surface area contributed by atoms with E-state index >= 15 is 0 Å². The summed E-state index contributed by atoms with van der Waals surface area (Å²) in [5.74, 6) is 0.884. The van der Waals surface area contributed by atoms with Gasteiger partial charge in [-0.2, -0.15) is 4.31 Å². The first kappa shape index (κ1) is 15.3. The Morgan fingerprint density at radius 3 is 3.00 bits per heavy atom. The fourth-order valence-corrected chi connectivity index (χ4v) is 4.20. The van der Waals surface area contributed by atoms with Gasteiger partial charge in [-0.1, -0.05) is 13.8 Å². The van der Waals surface area contributed by atoms with E-state index in [-0.39, 0.29) is 0 Å². The van der Waals surface area contributed by atoms with Crippen molar-refractivity contribution in [3.05, 3.63) is 18.3 Å². The molecule has 1 fully saturated rings. The maximum atomic E-state index is 12.8. The van der Waals surface area contributed by atoms with Crippen molar-refractivity contribution in [2.45, 2.75) is 38.0 Å². The highest BCUT2D eigenvalue weighted by Crippen LogP contribution is 2.26. The molecule has 112 valence electrons. The first-order chi connectivity index (χ1) is 9.55. The lowest BCUT2D eigenvalue weighted by Gasteiger charge is -2.30. The minimum atomic E-state index is -3.45. The van der Waals surface area contributed by atoms with Gasteiger partial charge in [0, 0.05) is 25.8 Å². The highest BCUT2D eigenvalue weighted by molar-refractivity contribution is 7.89. The number of sulfonamides is 1. The van der Waals surface area contributed by atoms with Gasteiger partial charge >= 0.3 is 0 Å². The Balaban J connectivity index is 2.29. The molecule has 5 nitrogen and oxygen atoms in total. The third-order valence-corrected chi connectivity index (χ3v) is 5.45. The van der Waals surface area contributed by atoms with E-state index < -0.39 is 10.0 Å². The van der Waals surface area contributed by atoms with Crippen molar-refractivity contribution in [2.75, 3.05) is 25.0 Å². The molecule has 1 aromatic heterocycles. The predicted molar refractivity (Wildman–Crippen MR) is 80.2 cm³/mol. The second-order valence-corrected chi connectivity index (χ2v) is 7.29. The Labute approximate surface area is 121 Å². The van der Waals surface area contributed by atoms with Gasteiger partial charge in [-0.3, -0.25) is 0 Å². The predicted octanol–water partition coefficient (Wildman–Crippen LogP) is 2.32. The zero-order chi connectivity index (χ0) is 14.6. The molecule has 2 rings (SSSR count). The molecule has 6 heteroatoms. The third kappa shape index (κ3) is 3.30. The Hall–Kier alpha value is -1.14. The zero-order valence-electron chi connectivity index (χ0n) is 12.2. The summed E-state index contributed by atoms with van der Waals surface area (Å²) in [5.41, 5.74) is 0. The molecule has 1 N–H and O–H groups in total. The van der Waals surface area contributed by atoms with Crippen LogP contribution in [0.25, 0.3) is 0 Å². The van der Waals surface area contributed by atoms with Crippen molar-refractivity contribution in [1.82, 2.24) is 9.29 Å². The molecule has 0 aliphatic carbocycles. The van der Waals surface area contributed by atoms with E-state index in [4.69, 9.17) is 0 Å². The van der Waals surface area contributed by atoms with E-state index in [0.717, 1.165) is 25.8 Å². The summed E-state index contributed by atoms with van der Waals surface area (Å²) in [7, 11) is -3.45. The molecule has 1 unspecified atom stereocenters. The maximum absolute atomic E-state index is 12.8. The van der Waals surface area contributed by atoms with Crippen LogP contribution in [0.4, 0.5) is 5.82 Å². The Bertz CT molecular complexity index is 545. The van der Waals surface area contributed by atoms with Gasteiger partial charge in [-0.05, 0) is 37.3 Å². The van der Waals surface area contributed by atoms with Crippen molar-refractivity contribution < 1.29 is 8.42 Å². The first-order valence-corrected chi connectivity index (χ1v) is 8.68. The molecule has 0 spiro atoms. The lowest BCUT2D eigenvalue weighted by molar-refractivity contribution is 0.281. The van der Waals surface area contributed by atoms with Crippen LogP contribution in [0.15, 0.2) is 23.2 Å². The molecule has 0 amide bonds. The van der Waals surface area contributed by atoms with Crippen LogP contribution < -0.4 is 5.32 Å². The summed E-state index contributed by atoms with van der Waals surface area (Å²) in [6.07, 6.45) is 4.57. The lowest BCUT2D eigenvalue weighted by Crippen LogP contribution is -2.39. The summed E-state index contributed by atoms with van der Waals surface area (Å²) in [5, 5.41) is 3.10. The fourth-order valence-electron chi connectivity index (χ4n) is 2.48. The highest BCUT2D eigenvalue weighted by atomic mass is 32.2. The van der Waals surface area contributed by atoms with Crippen LogP contribution in [0.1, 0.15) is 33.1 Å². The van der Waals surface area contributed by atoms with E-state index in [2.05, 4.69) is 17.2 Å². The van der Waals surface area contributed by atoms with Gasteiger partial charge in [0.1, 0.15) is 10.7 Å². The SMILES string of the molecule is CCCNc1ncccc1S(=O)(=O)N1CCCC(C)C1. The van der Waals surface area contributed by atoms with Crippen LogP contribution in [0.2, 0.25) is 0 Å². The smallest absolute Gasteiger partial charge is 0.246 e. The number of pyridine rings is 1. The van der Waals surface area contributed by atoms with E-state index in [0.29, 0.717) is 29.7 Å². The van der Waals surface area contributed by atoms with Crippen molar-refractivity contribution in [3.63, 3.8) is 0 Å². The van der Waals surface area contributed by atoms with E-state index in [1.165, 1.54) is 0 Å². The molecule has 0 radical (unpaired) electrons. The number of rotatable bonds is 5. The van der Waals surface area contributed by atoms with Gasteiger partial charge in [0.15, 0.2) is 0 Å². The number of hydrogen-bond donors (Lipinski definition) is 1. The van der Waals surface area contributed by atoms with Crippen LogP contribution in [0.3, 0.4) is 0 Å². The molecule has 0 saturated carbocycles. The van der Waals surface area contributed by atoms with E-state index in [1.54, 1.807) is 22.6 Å². The average Bonchev–Trinajstić information content (AvgIpc) is 2.45. The lowest BCUT2D eigenvalue weighted by atomic mass is 10.0. The van der Waals surface area contributed by atoms with Crippen LogP contribution in [-0.4, -0.2) is 37.3 Å². The summed E-state index contributed by atoms with van der Waals surface area (Å²) in [4.78, 5) is 4.47. The first-order valence-electron chi connectivity index (χ1n) is 7.24. The Kier molecular flexibility index (Phi) is 4.99. The van der Waals surface area contributed by atoms with Gasteiger partial charge in [0.05, 0.1) is 0 Å². The molecule has 1 aliphatic heterocycles. The zero-order valence-corrected chi connectivity index (χ0v) is 13.0. The van der Waals surface area contributed by atoms with Crippen molar-refractivity contribution >= 4 is 15.8 Å². The van der Waals surface area contributed by atoms with Crippen LogP contribution in [0, 0.1) is 5.92 Å². The number of aromatic nitrogens is 1. The van der Waals surface area contributed by atoms with Crippen LogP contribution in [0.5, 0.6) is 0 Å². The van der Waals surface area contributed by atoms with Crippen molar-refractivity contribution in [3.8, 4) is 0 Å². The summed E-state index contributed by atoms with van der Waals surface area (Å²) in [6.45, 7) is 6.06. The Morgan fingerprint density at radius 2 is 2.30 bits per heavy atom. The van der Waals surface area contributed by atoms with Gasteiger partial charge < -0.3 is 5.32 Å². The number of nitrogens with one attached hydrogen (secondary N) is 1. The summed E-state index contributed by atoms with van der Waals surface area (Å²) < 4.78 is 27.1. The molecule has 0 aromatic carbocycles. The van der Waals surface area contributed by atoms with E-state index in [1.807, 2.05) is 6.92 Å². The number of hydrogen-bond acceptors (Lipinski definition) is 4. The fraction of sp³-hybridized carbons (Fsp3) is 0.643. The maximum Gasteiger partial charge on any atom is 0.246 e. The molecule has 20 heavy (non-hydrogen) atoms. The molecule has 1 aromatic rings. The van der Waals surface area contributed by atoms with Gasteiger partial charge in [-0.15, -0.1) is 0 Å². The molecular formula is C14H23N3O2S. The van der Waals surface area contributed by atoms with E-state index in [9.17, 15) is 8.42 Å². The highest BCUT2D eigenvalue weighted by Gasteiger charge is 2.30. The molecule has 1 aliphatic rings. The normalized spacial score (nSPS) is 20.8. The molecular weight excluding hydrogens is 274 g/mol. The number of piperidine rings is 1. The second-order valence-electron chi connectivity index (χ2n) is 5.39. The van der Waals surface area contributed by atoms with Crippen LogP contribution in [-0.2, 0) is 10.0 Å².